The van der Waals surface area contributed by atoms with Gasteiger partial charge < -0.3 is 9.84 Å². The minimum absolute atomic E-state index is 0.204. The number of aliphatic hydroxyl groups excluding tert-OH is 1. The zero-order chi connectivity index (χ0) is 9.68. The molecule has 0 saturated heterocycles. The number of carbonyl (C=O) groups is 1. The molecule has 0 aromatic heterocycles. The van der Waals surface area contributed by atoms with E-state index < -0.39 is 6.09 Å². The molecule has 0 saturated carbocycles. The summed E-state index contributed by atoms with van der Waals surface area (Å²) in [5.41, 5.74) is 0.435. The summed E-state index contributed by atoms with van der Waals surface area (Å²) in [5, 5.41) is 11.8. The molecule has 0 aliphatic heterocycles. The minimum atomic E-state index is -0.532. The van der Waals surface area contributed by atoms with Crippen molar-refractivity contribution >= 4 is 6.09 Å². The fourth-order valence-electron chi connectivity index (χ4n) is 1.04. The van der Waals surface area contributed by atoms with E-state index in [-0.39, 0.29) is 5.76 Å². The quantitative estimate of drug-likeness (QED) is 0.686. The van der Waals surface area contributed by atoms with Crippen LogP contribution in [0.25, 0.3) is 0 Å². The lowest BCUT2D eigenvalue weighted by atomic mass is 10.1. The Morgan fingerprint density at radius 2 is 2.54 bits per heavy atom. The predicted octanol–water partition coefficient (Wildman–Crippen LogP) is 1.85. The number of amides is 1. The first-order chi connectivity index (χ1) is 6.24. The summed E-state index contributed by atoms with van der Waals surface area (Å²) in [6.07, 6.45) is 4.41. The second-order valence-corrected chi connectivity index (χ2v) is 2.65. The van der Waals surface area contributed by atoms with Gasteiger partial charge in [0.05, 0.1) is 12.3 Å². The first-order valence-electron chi connectivity index (χ1n) is 4.26. The van der Waals surface area contributed by atoms with Gasteiger partial charge in [0.1, 0.15) is 5.76 Å². The van der Waals surface area contributed by atoms with Crippen LogP contribution in [0.5, 0.6) is 0 Å². The summed E-state index contributed by atoms with van der Waals surface area (Å²) in [7, 11) is 0. The van der Waals surface area contributed by atoms with Crippen LogP contribution in [0.4, 0.5) is 4.79 Å². The highest BCUT2D eigenvalue weighted by molar-refractivity contribution is 5.70. The van der Waals surface area contributed by atoms with Crippen molar-refractivity contribution in [2.45, 2.75) is 19.8 Å². The number of hydrogen-bond acceptors (Lipinski definition) is 3. The molecule has 0 fully saturated rings. The van der Waals surface area contributed by atoms with Crippen molar-refractivity contribution in [1.82, 2.24) is 5.32 Å². The maximum Gasteiger partial charge on any atom is 0.411 e. The average molecular weight is 183 g/mol. The van der Waals surface area contributed by atoms with Gasteiger partial charge in [0.25, 0.3) is 0 Å². The molecule has 4 nitrogen and oxygen atoms in total. The molecule has 0 aromatic rings. The lowest BCUT2D eigenvalue weighted by Gasteiger charge is -2.11. The van der Waals surface area contributed by atoms with E-state index in [9.17, 15) is 9.90 Å². The lowest BCUT2D eigenvalue weighted by Crippen LogP contribution is -2.24. The number of rotatable bonds is 2. The largest absolute Gasteiger partial charge is 0.510 e. The van der Waals surface area contributed by atoms with Gasteiger partial charge >= 0.3 is 6.09 Å². The summed E-state index contributed by atoms with van der Waals surface area (Å²) < 4.78 is 4.66. The van der Waals surface area contributed by atoms with Crippen LogP contribution in [0.2, 0.25) is 0 Å². The van der Waals surface area contributed by atoms with Crippen LogP contribution < -0.4 is 5.32 Å². The smallest absolute Gasteiger partial charge is 0.411 e. The highest BCUT2D eigenvalue weighted by Crippen LogP contribution is 2.13. The Kier molecular flexibility index (Phi) is 3.37. The van der Waals surface area contributed by atoms with E-state index in [0.29, 0.717) is 18.7 Å². The first kappa shape index (κ1) is 9.64. The molecule has 0 bridgehead atoms. The maximum atomic E-state index is 10.9. The highest BCUT2D eigenvalue weighted by atomic mass is 16.5. The molecule has 0 aromatic carbocycles. The second-order valence-electron chi connectivity index (χ2n) is 2.65. The van der Waals surface area contributed by atoms with Gasteiger partial charge in [-0.05, 0) is 19.4 Å². The van der Waals surface area contributed by atoms with E-state index in [1.807, 2.05) is 6.08 Å². The van der Waals surface area contributed by atoms with Crippen LogP contribution in [0.15, 0.2) is 23.6 Å². The van der Waals surface area contributed by atoms with E-state index in [1.165, 1.54) is 0 Å². The standard InChI is InChI=1S/C9H13NO3/c1-2-13-9(12)10-7-5-3-4-6-8(7)11/h3,5,11H,2,4,6H2,1H3,(H,10,12). The molecule has 0 unspecified atom stereocenters. The van der Waals surface area contributed by atoms with Crippen molar-refractivity contribution in [3.63, 3.8) is 0 Å². The molecular formula is C9H13NO3. The van der Waals surface area contributed by atoms with Gasteiger partial charge in [-0.3, -0.25) is 5.32 Å². The summed E-state index contributed by atoms with van der Waals surface area (Å²) in [4.78, 5) is 10.9. The van der Waals surface area contributed by atoms with E-state index >= 15 is 0 Å². The molecule has 13 heavy (non-hydrogen) atoms. The van der Waals surface area contributed by atoms with Crippen molar-refractivity contribution in [3.8, 4) is 0 Å². The van der Waals surface area contributed by atoms with Crippen LogP contribution in [0.1, 0.15) is 19.8 Å². The Morgan fingerprint density at radius 1 is 1.77 bits per heavy atom. The van der Waals surface area contributed by atoms with Gasteiger partial charge in [0.2, 0.25) is 0 Å². The fraction of sp³-hybridized carbons (Fsp3) is 0.444. The Hall–Kier alpha value is -1.45. The molecule has 1 aliphatic carbocycles. The van der Waals surface area contributed by atoms with Crippen LogP contribution in [0.3, 0.4) is 0 Å². The normalized spacial score (nSPS) is 15.8. The van der Waals surface area contributed by atoms with Crippen molar-refractivity contribution in [3.05, 3.63) is 23.6 Å². The van der Waals surface area contributed by atoms with Gasteiger partial charge in [-0.15, -0.1) is 0 Å². The van der Waals surface area contributed by atoms with E-state index in [2.05, 4.69) is 10.1 Å². The Balaban J connectivity index is 2.52. The summed E-state index contributed by atoms with van der Waals surface area (Å²) >= 11 is 0. The van der Waals surface area contributed by atoms with Gasteiger partial charge in [-0.25, -0.2) is 4.79 Å². The van der Waals surface area contributed by atoms with Crippen LogP contribution in [-0.4, -0.2) is 17.8 Å². The van der Waals surface area contributed by atoms with Crippen molar-refractivity contribution in [2.75, 3.05) is 6.61 Å². The molecule has 1 amide bonds. The van der Waals surface area contributed by atoms with Gasteiger partial charge in [0.15, 0.2) is 0 Å². The molecule has 1 rings (SSSR count). The monoisotopic (exact) mass is 183 g/mol. The first-order valence-corrected chi connectivity index (χ1v) is 4.26. The van der Waals surface area contributed by atoms with Crippen LogP contribution in [0, 0.1) is 0 Å². The van der Waals surface area contributed by atoms with Gasteiger partial charge in [0, 0.05) is 6.42 Å². The van der Waals surface area contributed by atoms with Crippen LogP contribution in [-0.2, 0) is 4.74 Å². The molecule has 0 atom stereocenters. The zero-order valence-corrected chi connectivity index (χ0v) is 7.54. The Labute approximate surface area is 76.9 Å². The number of hydrogen-bond donors (Lipinski definition) is 2. The minimum Gasteiger partial charge on any atom is -0.510 e. The van der Waals surface area contributed by atoms with Crippen molar-refractivity contribution in [2.24, 2.45) is 0 Å². The molecule has 0 heterocycles. The third-order valence-corrected chi connectivity index (χ3v) is 1.66. The second kappa shape index (κ2) is 4.54. The van der Waals surface area contributed by atoms with Crippen molar-refractivity contribution < 1.29 is 14.6 Å². The molecule has 1 aliphatic rings. The van der Waals surface area contributed by atoms with Gasteiger partial charge in [-0.2, -0.15) is 0 Å². The van der Waals surface area contributed by atoms with E-state index in [1.54, 1.807) is 13.0 Å². The topological polar surface area (TPSA) is 58.6 Å². The van der Waals surface area contributed by atoms with E-state index in [4.69, 9.17) is 0 Å². The summed E-state index contributed by atoms with van der Waals surface area (Å²) in [5.74, 6) is 0.204. The maximum absolute atomic E-state index is 10.9. The van der Waals surface area contributed by atoms with E-state index in [0.717, 1.165) is 6.42 Å². The molecular weight excluding hydrogens is 170 g/mol. The number of ether oxygens (including phenoxy) is 1. The van der Waals surface area contributed by atoms with Crippen molar-refractivity contribution in [1.29, 1.82) is 0 Å². The molecule has 72 valence electrons. The Bertz CT molecular complexity index is 256. The predicted molar refractivity (Wildman–Crippen MR) is 48.2 cm³/mol. The molecule has 0 spiro atoms. The average Bonchev–Trinajstić information content (AvgIpc) is 2.09. The molecule has 4 heteroatoms. The summed E-state index contributed by atoms with van der Waals surface area (Å²) in [6, 6.07) is 0. The number of nitrogens with one attached hydrogen (secondary N) is 1. The third kappa shape index (κ3) is 2.82. The zero-order valence-electron chi connectivity index (χ0n) is 7.54. The lowest BCUT2D eigenvalue weighted by molar-refractivity contribution is 0.155. The number of aliphatic hydroxyl groups is 1. The third-order valence-electron chi connectivity index (χ3n) is 1.66. The van der Waals surface area contributed by atoms with Crippen LogP contribution >= 0.6 is 0 Å². The SMILES string of the molecule is CCOC(=O)NC1=C(O)CCC=C1. The molecule has 0 radical (unpaired) electrons. The summed E-state index contributed by atoms with van der Waals surface area (Å²) in [6.45, 7) is 2.05. The highest BCUT2D eigenvalue weighted by Gasteiger charge is 2.09. The fourth-order valence-corrected chi connectivity index (χ4v) is 1.04. The number of allylic oxidation sites excluding steroid dienone is 3. The number of carbonyl (C=O) groups excluding carboxylic acids is 1. The Morgan fingerprint density at radius 3 is 3.15 bits per heavy atom. The number of alkyl carbamates (subject to hydrolysis) is 1. The van der Waals surface area contributed by atoms with Gasteiger partial charge in [-0.1, -0.05) is 6.08 Å². The molecule has 2 N–H and O–H groups in total.